The number of ether oxygens (including phenoxy) is 1. The molecule has 17 heavy (non-hydrogen) atoms. The fourth-order valence-electron chi connectivity index (χ4n) is 2.23. The van der Waals surface area contributed by atoms with E-state index < -0.39 is 5.41 Å². The van der Waals surface area contributed by atoms with Crippen LogP contribution in [0.3, 0.4) is 0 Å². The molecule has 98 valence electrons. The number of rotatable bonds is 5. The van der Waals surface area contributed by atoms with E-state index in [0.29, 0.717) is 11.5 Å². The summed E-state index contributed by atoms with van der Waals surface area (Å²) in [4.78, 5) is 12.6. The minimum Gasteiger partial charge on any atom is -0.392 e. The van der Waals surface area contributed by atoms with Gasteiger partial charge in [-0.1, -0.05) is 31.5 Å². The maximum Gasteiger partial charge on any atom is 0.233 e. The van der Waals surface area contributed by atoms with E-state index in [9.17, 15) is 4.79 Å². The van der Waals surface area contributed by atoms with Crippen LogP contribution in [0, 0.1) is 5.41 Å². The number of carbonyl (C=O) groups is 1. The summed E-state index contributed by atoms with van der Waals surface area (Å²) < 4.78 is 5.10. The van der Waals surface area contributed by atoms with Crippen LogP contribution in [-0.2, 0) is 9.53 Å². The molecular weight excluding hydrogens is 236 g/mol. The topological polar surface area (TPSA) is 64.3 Å². The summed E-state index contributed by atoms with van der Waals surface area (Å²) in [5.74, 6) is -0.0337. The summed E-state index contributed by atoms with van der Waals surface area (Å²) in [7, 11) is 1.63. The minimum atomic E-state index is -0.624. The third kappa shape index (κ3) is 3.39. The highest BCUT2D eigenvalue weighted by molar-refractivity contribution is 7.80. The Labute approximate surface area is 108 Å². The summed E-state index contributed by atoms with van der Waals surface area (Å²) in [6.07, 6.45) is 4.75. The van der Waals surface area contributed by atoms with Gasteiger partial charge >= 0.3 is 0 Å². The first-order chi connectivity index (χ1) is 8.03. The molecule has 5 heteroatoms. The predicted octanol–water partition coefficient (Wildman–Crippen LogP) is 1.37. The van der Waals surface area contributed by atoms with Gasteiger partial charge in [-0.15, -0.1) is 0 Å². The number of carbonyl (C=O) groups excluding carboxylic acids is 1. The zero-order valence-electron chi connectivity index (χ0n) is 10.6. The van der Waals surface area contributed by atoms with Gasteiger partial charge < -0.3 is 15.8 Å². The average Bonchev–Trinajstić information content (AvgIpc) is 2.35. The third-order valence-corrected chi connectivity index (χ3v) is 3.96. The van der Waals surface area contributed by atoms with E-state index in [1.165, 1.54) is 0 Å². The molecule has 1 aliphatic carbocycles. The van der Waals surface area contributed by atoms with Crippen LogP contribution in [0.25, 0.3) is 0 Å². The Hall–Kier alpha value is -0.680. The van der Waals surface area contributed by atoms with Gasteiger partial charge in [0, 0.05) is 13.7 Å². The predicted molar refractivity (Wildman–Crippen MR) is 71.8 cm³/mol. The molecule has 1 amide bonds. The summed E-state index contributed by atoms with van der Waals surface area (Å²) in [5, 5.41) is 2.89. The zero-order valence-corrected chi connectivity index (χ0v) is 11.4. The number of nitrogens with one attached hydrogen (secondary N) is 1. The van der Waals surface area contributed by atoms with Gasteiger partial charge in [0.1, 0.15) is 0 Å². The summed E-state index contributed by atoms with van der Waals surface area (Å²) in [6.45, 7) is 2.41. The molecule has 0 heterocycles. The molecule has 0 saturated heterocycles. The lowest BCUT2D eigenvalue weighted by Crippen LogP contribution is -2.51. The Bertz CT molecular complexity index is 288. The van der Waals surface area contributed by atoms with E-state index in [0.717, 1.165) is 32.1 Å². The van der Waals surface area contributed by atoms with E-state index in [-0.39, 0.29) is 12.0 Å². The first-order valence-electron chi connectivity index (χ1n) is 6.14. The standard InChI is InChI=1S/C12H22N2O2S/c1-9(16-2)8-14-11(15)12(10(13)17)6-4-3-5-7-12/h9H,3-8H2,1-2H3,(H2,13,17)(H,14,15). The van der Waals surface area contributed by atoms with Crippen LogP contribution in [0.1, 0.15) is 39.0 Å². The minimum absolute atomic E-state index is 0.00550. The van der Waals surface area contributed by atoms with Crippen molar-refractivity contribution < 1.29 is 9.53 Å². The van der Waals surface area contributed by atoms with Crippen LogP contribution < -0.4 is 11.1 Å². The Kier molecular flexibility index (Phi) is 5.33. The van der Waals surface area contributed by atoms with Crippen molar-refractivity contribution in [2.24, 2.45) is 11.1 Å². The van der Waals surface area contributed by atoms with Crippen molar-refractivity contribution in [1.29, 1.82) is 0 Å². The molecule has 1 unspecified atom stereocenters. The molecule has 0 spiro atoms. The first kappa shape index (κ1) is 14.4. The van der Waals surface area contributed by atoms with Gasteiger partial charge in [-0.2, -0.15) is 0 Å². The normalized spacial score (nSPS) is 20.6. The monoisotopic (exact) mass is 258 g/mol. The van der Waals surface area contributed by atoms with Gasteiger partial charge in [0.2, 0.25) is 5.91 Å². The number of hydrogen-bond donors (Lipinski definition) is 2. The molecule has 0 aromatic carbocycles. The zero-order chi connectivity index (χ0) is 12.9. The second-order valence-electron chi connectivity index (χ2n) is 4.76. The molecule has 0 aromatic heterocycles. The quantitative estimate of drug-likeness (QED) is 0.731. The second-order valence-corrected chi connectivity index (χ2v) is 5.20. The van der Waals surface area contributed by atoms with Gasteiger partial charge in [0.05, 0.1) is 16.5 Å². The Morgan fingerprint density at radius 1 is 1.47 bits per heavy atom. The molecular formula is C12H22N2O2S. The third-order valence-electron chi connectivity index (χ3n) is 3.57. The lowest BCUT2D eigenvalue weighted by molar-refractivity contribution is -0.129. The summed E-state index contributed by atoms with van der Waals surface area (Å²) >= 11 is 5.10. The van der Waals surface area contributed by atoms with Crippen LogP contribution in [0.5, 0.6) is 0 Å². The Morgan fingerprint density at radius 3 is 2.53 bits per heavy atom. The molecule has 0 aromatic rings. The highest BCUT2D eigenvalue weighted by atomic mass is 32.1. The van der Waals surface area contributed by atoms with E-state index in [4.69, 9.17) is 22.7 Å². The molecule has 1 aliphatic rings. The van der Waals surface area contributed by atoms with Crippen molar-refractivity contribution >= 4 is 23.1 Å². The smallest absolute Gasteiger partial charge is 0.233 e. The van der Waals surface area contributed by atoms with Gasteiger partial charge in [-0.25, -0.2) is 0 Å². The molecule has 0 radical (unpaired) electrons. The van der Waals surface area contributed by atoms with E-state index in [2.05, 4.69) is 5.32 Å². The van der Waals surface area contributed by atoms with Gasteiger partial charge in [0.25, 0.3) is 0 Å². The Balaban J connectivity index is 2.64. The van der Waals surface area contributed by atoms with Crippen molar-refractivity contribution in [3.05, 3.63) is 0 Å². The Morgan fingerprint density at radius 2 is 2.06 bits per heavy atom. The molecule has 1 fully saturated rings. The van der Waals surface area contributed by atoms with Crippen molar-refractivity contribution in [2.45, 2.75) is 45.1 Å². The number of methoxy groups -OCH3 is 1. The molecule has 1 saturated carbocycles. The van der Waals surface area contributed by atoms with Crippen molar-refractivity contribution in [3.8, 4) is 0 Å². The maximum absolute atomic E-state index is 12.2. The van der Waals surface area contributed by atoms with E-state index >= 15 is 0 Å². The largest absolute Gasteiger partial charge is 0.392 e. The van der Waals surface area contributed by atoms with E-state index in [1.807, 2.05) is 6.92 Å². The van der Waals surface area contributed by atoms with Crippen LogP contribution >= 0.6 is 12.2 Å². The number of amides is 1. The van der Waals surface area contributed by atoms with E-state index in [1.54, 1.807) is 7.11 Å². The fraction of sp³-hybridized carbons (Fsp3) is 0.833. The molecule has 3 N–H and O–H groups in total. The highest BCUT2D eigenvalue weighted by Crippen LogP contribution is 2.36. The van der Waals surface area contributed by atoms with Gasteiger partial charge in [0.15, 0.2) is 0 Å². The average molecular weight is 258 g/mol. The summed E-state index contributed by atoms with van der Waals surface area (Å²) in [6, 6.07) is 0. The first-order valence-corrected chi connectivity index (χ1v) is 6.55. The molecule has 0 aliphatic heterocycles. The fourth-order valence-corrected chi connectivity index (χ4v) is 2.53. The number of thiocarbonyl (C=S) groups is 1. The molecule has 1 rings (SSSR count). The van der Waals surface area contributed by atoms with Crippen LogP contribution in [0.15, 0.2) is 0 Å². The second kappa shape index (κ2) is 6.31. The van der Waals surface area contributed by atoms with Crippen molar-refractivity contribution in [3.63, 3.8) is 0 Å². The van der Waals surface area contributed by atoms with Crippen molar-refractivity contribution in [1.82, 2.24) is 5.32 Å². The molecule has 4 nitrogen and oxygen atoms in total. The lowest BCUT2D eigenvalue weighted by Gasteiger charge is -2.35. The maximum atomic E-state index is 12.2. The van der Waals surface area contributed by atoms with Gasteiger partial charge in [-0.3, -0.25) is 4.79 Å². The van der Waals surface area contributed by atoms with Gasteiger partial charge in [-0.05, 0) is 19.8 Å². The summed E-state index contributed by atoms with van der Waals surface area (Å²) in [5.41, 5.74) is 5.16. The molecule has 1 atom stereocenters. The van der Waals surface area contributed by atoms with Crippen molar-refractivity contribution in [2.75, 3.05) is 13.7 Å². The van der Waals surface area contributed by atoms with Crippen LogP contribution in [0.2, 0.25) is 0 Å². The number of nitrogens with two attached hydrogens (primary N) is 1. The molecule has 0 bridgehead atoms. The highest BCUT2D eigenvalue weighted by Gasteiger charge is 2.42. The number of hydrogen-bond acceptors (Lipinski definition) is 3. The SMILES string of the molecule is COC(C)CNC(=O)C1(C(N)=S)CCCCC1. The lowest BCUT2D eigenvalue weighted by atomic mass is 9.73. The van der Waals surface area contributed by atoms with Crippen LogP contribution in [-0.4, -0.2) is 30.7 Å². The van der Waals surface area contributed by atoms with Crippen LogP contribution in [0.4, 0.5) is 0 Å².